The minimum absolute atomic E-state index is 0.352. The van der Waals surface area contributed by atoms with Crippen LogP contribution in [0.1, 0.15) is 37.8 Å². The Bertz CT molecular complexity index is 506. The van der Waals surface area contributed by atoms with Crippen molar-refractivity contribution in [2.45, 2.75) is 45.1 Å². The molecule has 0 spiro atoms. The Hall–Kier alpha value is -0.910. The number of rotatable bonds is 7. The van der Waals surface area contributed by atoms with Crippen molar-refractivity contribution >= 4 is 10.0 Å². The van der Waals surface area contributed by atoms with Gasteiger partial charge in [0.25, 0.3) is 0 Å². The van der Waals surface area contributed by atoms with Crippen molar-refractivity contribution in [3.8, 4) is 0 Å². The van der Waals surface area contributed by atoms with Gasteiger partial charge in [-0.15, -0.1) is 0 Å². The van der Waals surface area contributed by atoms with Gasteiger partial charge in [0.15, 0.2) is 0 Å². The van der Waals surface area contributed by atoms with Gasteiger partial charge in [-0.25, -0.2) is 8.42 Å². The maximum absolute atomic E-state index is 12.7. The normalized spacial score (nSPS) is 12.1. The number of sulfonamides is 1. The summed E-state index contributed by atoms with van der Waals surface area (Å²) in [5.41, 5.74) is 7.21. The third kappa shape index (κ3) is 3.78. The van der Waals surface area contributed by atoms with Gasteiger partial charge in [0, 0.05) is 19.6 Å². The van der Waals surface area contributed by atoms with Crippen LogP contribution in [0.3, 0.4) is 0 Å². The Morgan fingerprint density at radius 1 is 1.16 bits per heavy atom. The summed E-state index contributed by atoms with van der Waals surface area (Å²) in [7, 11) is -3.41. The van der Waals surface area contributed by atoms with Gasteiger partial charge in [-0.2, -0.15) is 4.31 Å². The summed E-state index contributed by atoms with van der Waals surface area (Å²) in [6, 6.07) is 5.40. The summed E-state index contributed by atoms with van der Waals surface area (Å²) in [4.78, 5) is 0.386. The number of hydrogen-bond acceptors (Lipinski definition) is 3. The van der Waals surface area contributed by atoms with Crippen LogP contribution in [0.25, 0.3) is 0 Å². The molecule has 19 heavy (non-hydrogen) atoms. The molecular weight excluding hydrogens is 260 g/mol. The molecule has 0 aromatic heterocycles. The predicted molar refractivity (Wildman–Crippen MR) is 78.4 cm³/mol. The first kappa shape index (κ1) is 16.1. The molecule has 1 aromatic carbocycles. The number of nitrogens with zero attached hydrogens (tertiary/aromatic N) is 1. The third-order valence-electron chi connectivity index (χ3n) is 3.05. The van der Waals surface area contributed by atoms with E-state index in [9.17, 15) is 8.42 Å². The van der Waals surface area contributed by atoms with Crippen molar-refractivity contribution in [2.24, 2.45) is 5.73 Å². The van der Waals surface area contributed by atoms with Gasteiger partial charge in [0.05, 0.1) is 4.90 Å². The Kier molecular flexibility index (Phi) is 5.97. The highest BCUT2D eigenvalue weighted by Gasteiger charge is 2.24. The first-order valence-electron chi connectivity index (χ1n) is 6.77. The second-order valence-electron chi connectivity index (χ2n) is 4.71. The van der Waals surface area contributed by atoms with Gasteiger partial charge >= 0.3 is 0 Å². The van der Waals surface area contributed by atoms with Crippen LogP contribution in [-0.4, -0.2) is 25.8 Å². The molecule has 0 amide bonds. The summed E-state index contributed by atoms with van der Waals surface area (Å²) >= 11 is 0. The first-order chi connectivity index (χ1) is 8.97. The molecule has 108 valence electrons. The number of nitrogens with two attached hydrogens (primary N) is 1. The molecular formula is C14H24N2O2S. The van der Waals surface area contributed by atoms with E-state index in [4.69, 9.17) is 5.73 Å². The second-order valence-corrected chi connectivity index (χ2v) is 6.61. The average Bonchev–Trinajstić information content (AvgIpc) is 2.39. The summed E-state index contributed by atoms with van der Waals surface area (Å²) in [5, 5.41) is 0. The second kappa shape index (κ2) is 7.03. The maximum Gasteiger partial charge on any atom is 0.243 e. The predicted octanol–water partition coefficient (Wildman–Crippen LogP) is 2.26. The van der Waals surface area contributed by atoms with E-state index in [2.05, 4.69) is 0 Å². The lowest BCUT2D eigenvalue weighted by Gasteiger charge is -2.22. The van der Waals surface area contributed by atoms with Crippen LogP contribution >= 0.6 is 0 Å². The zero-order valence-corrected chi connectivity index (χ0v) is 12.8. The fourth-order valence-electron chi connectivity index (χ4n) is 2.04. The molecule has 0 radical (unpaired) electrons. The molecule has 0 aliphatic rings. The molecule has 0 saturated heterocycles. The van der Waals surface area contributed by atoms with Crippen LogP contribution in [-0.2, 0) is 16.6 Å². The highest BCUT2D eigenvalue weighted by Crippen LogP contribution is 2.21. The molecule has 0 fully saturated rings. The van der Waals surface area contributed by atoms with Crippen LogP contribution in [0.5, 0.6) is 0 Å². The van der Waals surface area contributed by atoms with E-state index in [1.165, 1.54) is 0 Å². The van der Waals surface area contributed by atoms with Gasteiger partial charge in [-0.3, -0.25) is 0 Å². The van der Waals surface area contributed by atoms with Crippen LogP contribution < -0.4 is 5.73 Å². The fraction of sp³-hybridized carbons (Fsp3) is 0.571. The van der Waals surface area contributed by atoms with E-state index < -0.39 is 10.0 Å². The van der Waals surface area contributed by atoms with E-state index >= 15 is 0 Å². The highest BCUT2D eigenvalue weighted by molar-refractivity contribution is 7.89. The van der Waals surface area contributed by atoms with Crippen molar-refractivity contribution in [2.75, 3.05) is 13.1 Å². The Balaban J connectivity index is 3.23. The standard InChI is InChI=1S/C14H24N2O2S/c1-4-8-16(9-5-2)19(17,18)14-10-13(11-15)7-6-12(14)3/h6-7,10H,4-5,8-9,11,15H2,1-3H3. The molecule has 0 aliphatic carbocycles. The van der Waals surface area contributed by atoms with E-state index in [0.717, 1.165) is 24.0 Å². The largest absolute Gasteiger partial charge is 0.326 e. The number of aryl methyl sites for hydroxylation is 1. The molecule has 1 aromatic rings. The van der Waals surface area contributed by atoms with Crippen molar-refractivity contribution in [1.82, 2.24) is 4.31 Å². The molecule has 0 unspecified atom stereocenters. The minimum atomic E-state index is -3.41. The maximum atomic E-state index is 12.7. The van der Waals surface area contributed by atoms with Gasteiger partial charge in [0.2, 0.25) is 10.0 Å². The zero-order chi connectivity index (χ0) is 14.5. The lowest BCUT2D eigenvalue weighted by Crippen LogP contribution is -2.33. The molecule has 1 rings (SSSR count). The van der Waals surface area contributed by atoms with Crippen LogP contribution in [0.15, 0.2) is 23.1 Å². The van der Waals surface area contributed by atoms with Crippen LogP contribution in [0, 0.1) is 6.92 Å². The van der Waals surface area contributed by atoms with Crippen LogP contribution in [0.4, 0.5) is 0 Å². The average molecular weight is 284 g/mol. The molecule has 0 saturated carbocycles. The Labute approximate surface area is 116 Å². The first-order valence-corrected chi connectivity index (χ1v) is 8.21. The lowest BCUT2D eigenvalue weighted by atomic mass is 10.1. The molecule has 0 aliphatic heterocycles. The Morgan fingerprint density at radius 3 is 2.21 bits per heavy atom. The van der Waals surface area contributed by atoms with Crippen molar-refractivity contribution in [3.63, 3.8) is 0 Å². The quantitative estimate of drug-likeness (QED) is 0.835. The molecule has 5 heteroatoms. The van der Waals surface area contributed by atoms with Crippen LogP contribution in [0.2, 0.25) is 0 Å². The van der Waals surface area contributed by atoms with E-state index in [1.807, 2.05) is 32.9 Å². The molecule has 4 nitrogen and oxygen atoms in total. The SMILES string of the molecule is CCCN(CCC)S(=O)(=O)c1cc(CN)ccc1C. The number of hydrogen-bond donors (Lipinski definition) is 1. The van der Waals surface area contributed by atoms with Gasteiger partial charge < -0.3 is 5.73 Å². The summed E-state index contributed by atoms with van der Waals surface area (Å²) in [6.07, 6.45) is 1.63. The van der Waals surface area contributed by atoms with Gasteiger partial charge in [-0.05, 0) is 37.0 Å². The molecule has 0 heterocycles. The van der Waals surface area contributed by atoms with E-state index in [1.54, 1.807) is 10.4 Å². The molecule has 0 atom stereocenters. The fourth-order valence-corrected chi connectivity index (χ4v) is 3.94. The zero-order valence-electron chi connectivity index (χ0n) is 12.0. The topological polar surface area (TPSA) is 63.4 Å². The Morgan fingerprint density at radius 2 is 1.74 bits per heavy atom. The van der Waals surface area contributed by atoms with Crippen molar-refractivity contribution < 1.29 is 8.42 Å². The third-order valence-corrected chi connectivity index (χ3v) is 5.09. The molecule has 2 N–H and O–H groups in total. The smallest absolute Gasteiger partial charge is 0.243 e. The van der Waals surface area contributed by atoms with Crippen molar-refractivity contribution in [3.05, 3.63) is 29.3 Å². The minimum Gasteiger partial charge on any atom is -0.326 e. The van der Waals surface area contributed by atoms with E-state index in [-0.39, 0.29) is 0 Å². The number of benzene rings is 1. The summed E-state index contributed by atoms with van der Waals surface area (Å²) in [6.45, 7) is 7.27. The summed E-state index contributed by atoms with van der Waals surface area (Å²) in [5.74, 6) is 0. The lowest BCUT2D eigenvalue weighted by molar-refractivity contribution is 0.409. The van der Waals surface area contributed by atoms with Gasteiger partial charge in [-0.1, -0.05) is 26.0 Å². The monoisotopic (exact) mass is 284 g/mol. The van der Waals surface area contributed by atoms with Crippen molar-refractivity contribution in [1.29, 1.82) is 0 Å². The van der Waals surface area contributed by atoms with E-state index in [0.29, 0.717) is 24.5 Å². The highest BCUT2D eigenvalue weighted by atomic mass is 32.2. The summed E-state index contributed by atoms with van der Waals surface area (Å²) < 4.78 is 26.9. The molecule has 0 bridgehead atoms. The van der Waals surface area contributed by atoms with Gasteiger partial charge in [0.1, 0.15) is 0 Å².